The van der Waals surface area contributed by atoms with Crippen LogP contribution < -0.4 is 0 Å². The number of likely N-dealkylation sites (tertiary alicyclic amines) is 1. The molecule has 8 heteroatoms. The number of hydrogen-bond donors (Lipinski definition) is 1. The van der Waals surface area contributed by atoms with Crippen molar-refractivity contribution < 1.29 is 24.2 Å². The predicted molar refractivity (Wildman–Crippen MR) is 143 cm³/mol. The lowest BCUT2D eigenvalue weighted by Crippen LogP contribution is -2.61. The van der Waals surface area contributed by atoms with Crippen molar-refractivity contribution in [1.82, 2.24) is 9.80 Å². The fourth-order valence-electron chi connectivity index (χ4n) is 6.48. The minimum Gasteiger partial charge on any atom is -0.465 e. The molecule has 2 unspecified atom stereocenters. The molecule has 0 aromatic heterocycles. The SMILES string of the molecule is C=CCCOC(=O)[C@@H]1[C@H]2C(=O)N([C@@H](CO)[C@@H](C)CC)C(C(=O)N(CC=C)C(C)(C)C)C23CC[C@@]1(C)S3. The summed E-state index contributed by atoms with van der Waals surface area (Å²) < 4.78 is 4.39. The van der Waals surface area contributed by atoms with E-state index in [1.807, 2.05) is 41.5 Å². The third-order valence-electron chi connectivity index (χ3n) is 8.50. The van der Waals surface area contributed by atoms with Gasteiger partial charge in [-0.05, 0) is 52.9 Å². The molecule has 3 fully saturated rings. The van der Waals surface area contributed by atoms with Gasteiger partial charge in [0.25, 0.3) is 0 Å². The van der Waals surface area contributed by atoms with Crippen LogP contribution in [0.5, 0.6) is 0 Å². The Hall–Kier alpha value is -1.80. The molecule has 0 aliphatic carbocycles. The number of fused-ring (bicyclic) bond motifs is 1. The fraction of sp³-hybridized carbons (Fsp3) is 0.750. The van der Waals surface area contributed by atoms with Crippen molar-refractivity contribution >= 4 is 29.5 Å². The van der Waals surface area contributed by atoms with Crippen molar-refractivity contribution in [3.05, 3.63) is 25.3 Å². The first-order valence-electron chi connectivity index (χ1n) is 13.2. The molecule has 0 radical (unpaired) electrons. The normalized spacial score (nSPS) is 32.7. The van der Waals surface area contributed by atoms with E-state index in [0.717, 1.165) is 12.8 Å². The van der Waals surface area contributed by atoms with Crippen LogP contribution in [0.25, 0.3) is 0 Å². The van der Waals surface area contributed by atoms with E-state index in [1.165, 1.54) is 0 Å². The van der Waals surface area contributed by atoms with Crippen LogP contribution in [0.4, 0.5) is 0 Å². The van der Waals surface area contributed by atoms with E-state index in [9.17, 15) is 19.5 Å². The summed E-state index contributed by atoms with van der Waals surface area (Å²) >= 11 is 1.63. The van der Waals surface area contributed by atoms with Crippen molar-refractivity contribution in [3.8, 4) is 0 Å². The third-order valence-corrected chi connectivity index (χ3v) is 10.5. The predicted octanol–water partition coefficient (Wildman–Crippen LogP) is 3.81. The van der Waals surface area contributed by atoms with Gasteiger partial charge in [-0.25, -0.2) is 0 Å². The summed E-state index contributed by atoms with van der Waals surface area (Å²) in [6.07, 6.45) is 6.09. The van der Waals surface area contributed by atoms with Gasteiger partial charge in [0.1, 0.15) is 6.04 Å². The highest BCUT2D eigenvalue weighted by Crippen LogP contribution is 2.72. The second-order valence-corrected chi connectivity index (χ2v) is 13.7. The molecular formula is C28H44N2O5S. The smallest absolute Gasteiger partial charge is 0.311 e. The maximum Gasteiger partial charge on any atom is 0.311 e. The lowest BCUT2D eigenvalue weighted by molar-refractivity contribution is -0.156. The van der Waals surface area contributed by atoms with Crippen LogP contribution in [0.3, 0.4) is 0 Å². The summed E-state index contributed by atoms with van der Waals surface area (Å²) in [4.78, 5) is 45.6. The van der Waals surface area contributed by atoms with Gasteiger partial charge in [-0.2, -0.15) is 0 Å². The van der Waals surface area contributed by atoms with Gasteiger partial charge >= 0.3 is 5.97 Å². The zero-order chi connectivity index (χ0) is 27.1. The van der Waals surface area contributed by atoms with Crippen molar-refractivity contribution in [2.45, 2.75) is 94.3 Å². The molecule has 3 aliphatic rings. The molecule has 3 aliphatic heterocycles. The molecule has 2 bridgehead atoms. The average Bonchev–Trinajstić information content (AvgIpc) is 3.38. The number of nitrogens with zero attached hydrogens (tertiary/aromatic N) is 2. The number of carbonyl (C=O) groups excluding carboxylic acids is 3. The van der Waals surface area contributed by atoms with Gasteiger partial charge in [-0.1, -0.05) is 32.4 Å². The number of aliphatic hydroxyl groups is 1. The van der Waals surface area contributed by atoms with Gasteiger partial charge in [-0.3, -0.25) is 14.4 Å². The van der Waals surface area contributed by atoms with Crippen LogP contribution in [0.1, 0.15) is 67.2 Å². The zero-order valence-electron chi connectivity index (χ0n) is 22.8. The maximum absolute atomic E-state index is 14.4. The molecule has 3 heterocycles. The molecule has 36 heavy (non-hydrogen) atoms. The van der Waals surface area contributed by atoms with E-state index >= 15 is 0 Å². The second-order valence-electron chi connectivity index (χ2n) is 11.8. The van der Waals surface area contributed by atoms with Crippen molar-refractivity contribution in [3.63, 3.8) is 0 Å². The molecule has 3 rings (SSSR count). The molecule has 7 atom stereocenters. The third kappa shape index (κ3) is 4.53. The molecule has 7 nitrogen and oxygen atoms in total. The number of amides is 2. The number of carbonyl (C=O) groups is 3. The summed E-state index contributed by atoms with van der Waals surface area (Å²) in [5.74, 6) is -2.02. The largest absolute Gasteiger partial charge is 0.465 e. The molecule has 1 spiro atoms. The van der Waals surface area contributed by atoms with Gasteiger partial charge in [0.15, 0.2) is 0 Å². The van der Waals surface area contributed by atoms with E-state index in [0.29, 0.717) is 19.4 Å². The van der Waals surface area contributed by atoms with E-state index in [2.05, 4.69) is 13.2 Å². The van der Waals surface area contributed by atoms with Crippen LogP contribution in [0.2, 0.25) is 0 Å². The minimum atomic E-state index is -0.766. The molecular weight excluding hydrogens is 476 g/mol. The summed E-state index contributed by atoms with van der Waals surface area (Å²) in [6, 6.07) is -1.27. The number of thioether (sulfide) groups is 1. The van der Waals surface area contributed by atoms with Crippen LogP contribution in [-0.4, -0.2) is 79.6 Å². The summed E-state index contributed by atoms with van der Waals surface area (Å²) in [5.41, 5.74) is -0.492. The van der Waals surface area contributed by atoms with Gasteiger partial charge in [0, 0.05) is 16.8 Å². The van der Waals surface area contributed by atoms with Gasteiger partial charge in [0.05, 0.1) is 35.8 Å². The Bertz CT molecular complexity index is 901. The van der Waals surface area contributed by atoms with Gasteiger partial charge in [-0.15, -0.1) is 24.9 Å². The highest BCUT2D eigenvalue weighted by atomic mass is 32.2. The fourth-order valence-corrected chi connectivity index (χ4v) is 8.80. The molecule has 2 amide bonds. The number of ether oxygens (including phenoxy) is 1. The Morgan fingerprint density at radius 3 is 2.50 bits per heavy atom. The lowest BCUT2D eigenvalue weighted by Gasteiger charge is -2.44. The molecule has 0 aromatic rings. The van der Waals surface area contributed by atoms with Crippen LogP contribution in [0, 0.1) is 17.8 Å². The monoisotopic (exact) mass is 520 g/mol. The van der Waals surface area contributed by atoms with Crippen molar-refractivity contribution in [1.29, 1.82) is 0 Å². The standard InChI is InChI=1S/C28H44N2O5S/c1-9-12-16-35-25(34)21-20-23(32)30(19(17-31)18(4)11-3)22(28(20)14-13-27(21,8)36-28)24(33)29(15-10-2)26(5,6)7/h9-10,18-22,31H,1-2,11-17H2,3-8H3/t18-,19-,20-,21-,22?,27+,28?/m0/s1. The van der Waals surface area contributed by atoms with Crippen LogP contribution in [-0.2, 0) is 19.1 Å². The Balaban J connectivity index is 2.15. The summed E-state index contributed by atoms with van der Waals surface area (Å²) in [6.45, 7) is 19.9. The Kier molecular flexibility index (Phi) is 8.41. The molecule has 202 valence electrons. The van der Waals surface area contributed by atoms with E-state index in [4.69, 9.17) is 4.74 Å². The van der Waals surface area contributed by atoms with Crippen LogP contribution in [0.15, 0.2) is 25.3 Å². The first-order chi connectivity index (χ1) is 16.8. The zero-order valence-corrected chi connectivity index (χ0v) is 23.6. The second kappa shape index (κ2) is 10.5. The van der Waals surface area contributed by atoms with E-state index in [-0.39, 0.29) is 36.9 Å². The minimum absolute atomic E-state index is 0.0113. The van der Waals surface area contributed by atoms with Crippen LogP contribution >= 0.6 is 11.8 Å². The highest BCUT2D eigenvalue weighted by molar-refractivity contribution is 8.02. The maximum atomic E-state index is 14.4. The molecule has 3 saturated heterocycles. The number of aliphatic hydroxyl groups excluding tert-OH is 1. The lowest BCUT2D eigenvalue weighted by atomic mass is 9.66. The Labute approximate surface area is 220 Å². The first kappa shape index (κ1) is 28.8. The molecule has 1 N–H and O–H groups in total. The molecule has 0 saturated carbocycles. The number of esters is 1. The number of rotatable bonds is 11. The Morgan fingerprint density at radius 2 is 1.97 bits per heavy atom. The van der Waals surface area contributed by atoms with Gasteiger partial charge in [0.2, 0.25) is 11.8 Å². The number of hydrogen-bond acceptors (Lipinski definition) is 6. The first-order valence-corrected chi connectivity index (χ1v) is 14.0. The van der Waals surface area contributed by atoms with Gasteiger partial charge < -0.3 is 19.6 Å². The Morgan fingerprint density at radius 1 is 1.31 bits per heavy atom. The van der Waals surface area contributed by atoms with E-state index < -0.39 is 39.0 Å². The summed E-state index contributed by atoms with van der Waals surface area (Å²) in [5, 5.41) is 10.5. The quantitative estimate of drug-likeness (QED) is 0.253. The summed E-state index contributed by atoms with van der Waals surface area (Å²) in [7, 11) is 0. The average molecular weight is 521 g/mol. The van der Waals surface area contributed by atoms with Crippen molar-refractivity contribution in [2.24, 2.45) is 17.8 Å². The van der Waals surface area contributed by atoms with Crippen molar-refractivity contribution in [2.75, 3.05) is 19.8 Å². The van der Waals surface area contributed by atoms with E-state index in [1.54, 1.807) is 33.7 Å². The highest BCUT2D eigenvalue weighted by Gasteiger charge is 2.78. The molecule has 0 aromatic carbocycles. The topological polar surface area (TPSA) is 87.1 Å².